The van der Waals surface area contributed by atoms with Crippen molar-refractivity contribution in [1.29, 1.82) is 0 Å². The van der Waals surface area contributed by atoms with Gasteiger partial charge in [0.15, 0.2) is 17.5 Å². The highest BCUT2D eigenvalue weighted by Gasteiger charge is 2.53. The minimum Gasteiger partial charge on any atom is -0.208 e. The Balaban J connectivity index is 1.18. The Hall–Kier alpha value is -6.71. The molecule has 0 aliphatic heterocycles. The molecule has 0 atom stereocenters. The molecular formula is C51H35N3. The molecule has 0 fully saturated rings. The van der Waals surface area contributed by atoms with Crippen LogP contribution in [0.5, 0.6) is 0 Å². The monoisotopic (exact) mass is 689 g/mol. The van der Waals surface area contributed by atoms with Gasteiger partial charge in [0.2, 0.25) is 0 Å². The molecule has 2 aliphatic carbocycles. The van der Waals surface area contributed by atoms with Gasteiger partial charge in [0, 0.05) is 22.1 Å². The molecule has 1 spiro atoms. The first-order valence-electron chi connectivity index (χ1n) is 18.7. The Bertz CT molecular complexity index is 2840. The van der Waals surface area contributed by atoms with Crippen LogP contribution in [-0.2, 0) is 10.8 Å². The topological polar surface area (TPSA) is 38.7 Å². The zero-order valence-corrected chi connectivity index (χ0v) is 30.1. The molecule has 1 aromatic heterocycles. The first-order chi connectivity index (χ1) is 26.5. The summed E-state index contributed by atoms with van der Waals surface area (Å²) >= 11 is 0. The summed E-state index contributed by atoms with van der Waals surface area (Å²) in [5, 5.41) is 4.67. The molecule has 0 unspecified atom stereocenters. The Labute approximate surface area is 314 Å². The molecule has 0 bridgehead atoms. The van der Waals surface area contributed by atoms with Crippen LogP contribution in [-0.4, -0.2) is 15.0 Å². The fourth-order valence-electron chi connectivity index (χ4n) is 9.42. The summed E-state index contributed by atoms with van der Waals surface area (Å²) in [5.41, 5.74) is 12.7. The summed E-state index contributed by atoms with van der Waals surface area (Å²) in [7, 11) is 0. The Morgan fingerprint density at radius 1 is 0.315 bits per heavy atom. The number of benzene rings is 8. The van der Waals surface area contributed by atoms with Crippen LogP contribution < -0.4 is 0 Å². The first-order valence-corrected chi connectivity index (χ1v) is 18.7. The van der Waals surface area contributed by atoms with Crippen molar-refractivity contribution in [3.63, 3.8) is 0 Å². The number of fused-ring (bicyclic) bond motifs is 11. The Morgan fingerprint density at radius 3 is 1.24 bits per heavy atom. The van der Waals surface area contributed by atoms with Gasteiger partial charge in [0.1, 0.15) is 0 Å². The van der Waals surface area contributed by atoms with Crippen molar-refractivity contribution >= 4 is 21.5 Å². The number of hydrogen-bond donors (Lipinski definition) is 0. The molecule has 0 saturated heterocycles. The third kappa shape index (κ3) is 4.33. The van der Waals surface area contributed by atoms with Gasteiger partial charge in [-0.1, -0.05) is 172 Å². The lowest BCUT2D eigenvalue weighted by Crippen LogP contribution is -2.40. The summed E-state index contributed by atoms with van der Waals surface area (Å²) in [4.78, 5) is 15.7. The van der Waals surface area contributed by atoms with Crippen molar-refractivity contribution in [2.75, 3.05) is 0 Å². The molecule has 0 N–H and O–H groups in total. The summed E-state index contributed by atoms with van der Waals surface area (Å²) in [6.45, 7) is 4.73. The fraction of sp³-hybridized carbons (Fsp3) is 0.0784. The molecule has 254 valence electrons. The summed E-state index contributed by atoms with van der Waals surface area (Å²) in [6, 6.07) is 63.7. The summed E-state index contributed by atoms with van der Waals surface area (Å²) in [5.74, 6) is 1.97. The lowest BCUT2D eigenvalue weighted by Gasteiger charge is -2.46. The highest BCUT2D eigenvalue weighted by Crippen LogP contribution is 2.62. The smallest absolute Gasteiger partial charge is 0.164 e. The van der Waals surface area contributed by atoms with Crippen LogP contribution in [0.25, 0.3) is 66.8 Å². The summed E-state index contributed by atoms with van der Waals surface area (Å²) < 4.78 is 0. The quantitative estimate of drug-likeness (QED) is 0.185. The van der Waals surface area contributed by atoms with E-state index in [1.165, 1.54) is 55.3 Å². The predicted molar refractivity (Wildman–Crippen MR) is 221 cm³/mol. The highest BCUT2D eigenvalue weighted by atomic mass is 15.0. The van der Waals surface area contributed by atoms with Crippen LogP contribution >= 0.6 is 0 Å². The summed E-state index contributed by atoms with van der Waals surface area (Å²) in [6.07, 6.45) is 0. The van der Waals surface area contributed by atoms with E-state index in [0.717, 1.165) is 27.5 Å². The standard InChI is InChI=1S/C51H35N3/c1-50(2)42-19-9-11-21-44(42)51(45-22-12-10-20-43(45)50)41-18-8-7-17-39(41)40-28-27-38(31-46(40)51)49-53-47(36-25-23-32-13-3-5-15-34(32)29-36)52-48(54-49)37-26-24-33-14-4-6-16-35(33)30-37/h3-31H,1-2H3. The normalized spacial score (nSPS) is 14.4. The van der Waals surface area contributed by atoms with Crippen molar-refractivity contribution in [2.24, 2.45) is 0 Å². The van der Waals surface area contributed by atoms with Gasteiger partial charge in [0.25, 0.3) is 0 Å². The zero-order valence-electron chi connectivity index (χ0n) is 30.1. The number of aromatic nitrogens is 3. The van der Waals surface area contributed by atoms with E-state index in [4.69, 9.17) is 15.0 Å². The average molecular weight is 690 g/mol. The lowest BCUT2D eigenvalue weighted by atomic mass is 9.55. The van der Waals surface area contributed by atoms with E-state index in [9.17, 15) is 0 Å². The molecule has 3 heteroatoms. The number of nitrogens with zero attached hydrogens (tertiary/aromatic N) is 3. The zero-order chi connectivity index (χ0) is 36.0. The number of rotatable bonds is 3. The Kier molecular flexibility index (Phi) is 6.51. The molecule has 54 heavy (non-hydrogen) atoms. The van der Waals surface area contributed by atoms with Crippen molar-refractivity contribution in [2.45, 2.75) is 24.7 Å². The van der Waals surface area contributed by atoms with Gasteiger partial charge in [-0.3, -0.25) is 0 Å². The number of hydrogen-bond acceptors (Lipinski definition) is 3. The molecule has 0 amide bonds. The van der Waals surface area contributed by atoms with E-state index >= 15 is 0 Å². The third-order valence-electron chi connectivity index (χ3n) is 12.0. The van der Waals surface area contributed by atoms with Gasteiger partial charge >= 0.3 is 0 Å². The molecule has 1 heterocycles. The predicted octanol–water partition coefficient (Wildman–Crippen LogP) is 12.2. The molecule has 3 nitrogen and oxygen atoms in total. The molecule has 11 rings (SSSR count). The van der Waals surface area contributed by atoms with Crippen LogP contribution in [0.3, 0.4) is 0 Å². The maximum atomic E-state index is 5.27. The van der Waals surface area contributed by atoms with Crippen LogP contribution in [0.15, 0.2) is 176 Å². The highest BCUT2D eigenvalue weighted by molar-refractivity contribution is 5.91. The fourth-order valence-corrected chi connectivity index (χ4v) is 9.42. The van der Waals surface area contributed by atoms with Gasteiger partial charge < -0.3 is 0 Å². The van der Waals surface area contributed by atoms with E-state index in [0.29, 0.717) is 17.5 Å². The molecular weight excluding hydrogens is 655 g/mol. The van der Waals surface area contributed by atoms with Gasteiger partial charge in [-0.25, -0.2) is 15.0 Å². The molecule has 0 saturated carbocycles. The SMILES string of the molecule is CC1(C)c2ccccc2C2(c3ccccc3-c3ccc(-c4nc(-c5ccc6ccccc6c5)nc(-c5ccc6ccccc6c5)n4)cc32)c2ccccc21. The van der Waals surface area contributed by atoms with E-state index in [2.05, 4.69) is 190 Å². The second kappa shape index (κ2) is 11.4. The van der Waals surface area contributed by atoms with Crippen molar-refractivity contribution < 1.29 is 0 Å². The van der Waals surface area contributed by atoms with Gasteiger partial charge in [-0.2, -0.15) is 0 Å². The maximum Gasteiger partial charge on any atom is 0.164 e. The molecule has 2 aliphatic rings. The van der Waals surface area contributed by atoms with Crippen LogP contribution in [0.4, 0.5) is 0 Å². The van der Waals surface area contributed by atoms with Crippen molar-refractivity contribution in [1.82, 2.24) is 15.0 Å². The van der Waals surface area contributed by atoms with E-state index in [1.54, 1.807) is 0 Å². The van der Waals surface area contributed by atoms with E-state index in [1.807, 2.05) is 0 Å². The van der Waals surface area contributed by atoms with Crippen molar-refractivity contribution in [3.8, 4) is 45.3 Å². The third-order valence-corrected chi connectivity index (χ3v) is 12.0. The molecule has 0 radical (unpaired) electrons. The van der Waals surface area contributed by atoms with Gasteiger partial charge in [-0.05, 0) is 84.3 Å². The van der Waals surface area contributed by atoms with Crippen LogP contribution in [0.2, 0.25) is 0 Å². The Morgan fingerprint density at radius 2 is 0.704 bits per heavy atom. The minimum absolute atomic E-state index is 0.161. The largest absolute Gasteiger partial charge is 0.208 e. The average Bonchev–Trinajstić information content (AvgIpc) is 3.52. The van der Waals surface area contributed by atoms with E-state index < -0.39 is 5.41 Å². The van der Waals surface area contributed by atoms with Gasteiger partial charge in [0.05, 0.1) is 5.41 Å². The maximum absolute atomic E-state index is 5.27. The van der Waals surface area contributed by atoms with Crippen molar-refractivity contribution in [3.05, 3.63) is 209 Å². The second-order valence-corrected chi connectivity index (χ2v) is 15.2. The van der Waals surface area contributed by atoms with Crippen LogP contribution in [0, 0.1) is 0 Å². The molecule has 9 aromatic rings. The minimum atomic E-state index is -0.500. The first kappa shape index (κ1) is 30.9. The van der Waals surface area contributed by atoms with E-state index in [-0.39, 0.29) is 5.41 Å². The van der Waals surface area contributed by atoms with Gasteiger partial charge in [-0.15, -0.1) is 0 Å². The lowest BCUT2D eigenvalue weighted by molar-refractivity contribution is 0.563. The molecule has 8 aromatic carbocycles. The second-order valence-electron chi connectivity index (χ2n) is 15.2. The van der Waals surface area contributed by atoms with Crippen LogP contribution in [0.1, 0.15) is 47.2 Å².